The van der Waals surface area contributed by atoms with Crippen LogP contribution >= 0.6 is 0 Å². The van der Waals surface area contributed by atoms with E-state index in [-0.39, 0.29) is 29.9 Å². The molecule has 4 aromatic carbocycles. The second kappa shape index (κ2) is 16.1. The van der Waals surface area contributed by atoms with Crippen molar-refractivity contribution in [3.63, 3.8) is 0 Å². The molecular weight excluding hydrogens is 687 g/mol. The minimum absolute atomic E-state index is 0.124. The molecular formula is C46H51N5O4. The maximum absolute atomic E-state index is 13.1. The van der Waals surface area contributed by atoms with Gasteiger partial charge in [0.1, 0.15) is 11.8 Å². The van der Waals surface area contributed by atoms with Crippen molar-refractivity contribution in [2.24, 2.45) is 5.92 Å². The van der Waals surface area contributed by atoms with E-state index in [4.69, 9.17) is 0 Å². The Kier molecular flexibility index (Phi) is 10.7. The van der Waals surface area contributed by atoms with Crippen molar-refractivity contribution in [2.75, 3.05) is 42.5 Å². The number of hydrogen-bond acceptors (Lipinski definition) is 7. The number of hydrogen-bond donors (Lipinski definition) is 3. The van der Waals surface area contributed by atoms with Gasteiger partial charge in [0, 0.05) is 62.1 Å². The lowest BCUT2D eigenvalue weighted by Gasteiger charge is -2.37. The predicted molar refractivity (Wildman–Crippen MR) is 218 cm³/mol. The molecule has 4 heterocycles. The minimum Gasteiger partial charge on any atom is -0.508 e. The maximum Gasteiger partial charge on any atom is 0.255 e. The molecule has 9 nitrogen and oxygen atoms in total. The number of nitrogens with zero attached hydrogens (tertiary/aromatic N) is 3. The van der Waals surface area contributed by atoms with E-state index in [9.17, 15) is 19.5 Å². The normalized spacial score (nSPS) is 20.1. The van der Waals surface area contributed by atoms with Crippen LogP contribution in [0.25, 0.3) is 11.1 Å². The fraction of sp³-hybridized carbons (Fsp3) is 0.370. The Morgan fingerprint density at radius 3 is 2.05 bits per heavy atom. The van der Waals surface area contributed by atoms with Crippen LogP contribution in [0, 0.1) is 5.92 Å². The highest BCUT2D eigenvalue weighted by molar-refractivity contribution is 6.05. The van der Waals surface area contributed by atoms with E-state index < -0.39 is 6.04 Å². The molecule has 284 valence electrons. The summed E-state index contributed by atoms with van der Waals surface area (Å²) in [5.41, 5.74) is 10.0. The summed E-state index contributed by atoms with van der Waals surface area (Å²) in [5.74, 6) is 0.172. The highest BCUT2D eigenvalue weighted by Gasteiger charge is 2.39. The fourth-order valence-electron chi connectivity index (χ4n) is 8.97. The molecule has 4 aliphatic heterocycles. The standard InChI is InChI=1S/C46H51N5O4/c1-2-40(32-6-4-3-5-7-32)44(34-10-15-39(52)16-11-34)33-8-12-37(13-9-33)49-24-20-31(21-25-49)29-47-36-22-26-50(27-23-36)38-14-17-41-35(28-38)30-51(46(41)55)42-18-19-43(53)48-45(42)54/h3-17,28,31,36,42,47,52H,2,18-27,29-30H2,1H3,(H,48,53,54)/b44-40+. The van der Waals surface area contributed by atoms with Crippen molar-refractivity contribution < 1.29 is 19.5 Å². The van der Waals surface area contributed by atoms with Crippen molar-refractivity contribution in [1.29, 1.82) is 0 Å². The van der Waals surface area contributed by atoms with E-state index in [1.165, 1.54) is 40.8 Å². The molecule has 4 aromatic rings. The van der Waals surface area contributed by atoms with Crippen LogP contribution in [0.1, 0.15) is 84.5 Å². The van der Waals surface area contributed by atoms with Gasteiger partial charge in [0.2, 0.25) is 11.8 Å². The second-order valence-electron chi connectivity index (χ2n) is 15.5. The van der Waals surface area contributed by atoms with Crippen molar-refractivity contribution in [2.45, 2.75) is 70.5 Å². The van der Waals surface area contributed by atoms with Gasteiger partial charge in [-0.25, -0.2) is 0 Å². The molecule has 3 saturated heterocycles. The van der Waals surface area contributed by atoms with Gasteiger partial charge >= 0.3 is 0 Å². The highest BCUT2D eigenvalue weighted by Crippen LogP contribution is 2.36. The molecule has 4 aliphatic rings. The number of fused-ring (bicyclic) bond motifs is 1. The van der Waals surface area contributed by atoms with Crippen LogP contribution in [0.2, 0.25) is 0 Å². The number of piperidine rings is 3. The minimum atomic E-state index is -0.587. The Balaban J connectivity index is 0.824. The van der Waals surface area contributed by atoms with E-state index in [1.807, 2.05) is 24.3 Å². The number of allylic oxidation sites excluding steroid dienone is 1. The topological polar surface area (TPSA) is 105 Å². The molecule has 55 heavy (non-hydrogen) atoms. The molecule has 0 bridgehead atoms. The molecule has 0 spiro atoms. The average Bonchev–Trinajstić information content (AvgIpc) is 3.55. The lowest BCUT2D eigenvalue weighted by Crippen LogP contribution is -2.52. The number of phenols is 1. The molecule has 9 heteroatoms. The summed E-state index contributed by atoms with van der Waals surface area (Å²) in [4.78, 5) is 43.8. The highest BCUT2D eigenvalue weighted by atomic mass is 16.3. The SMILES string of the molecule is CC/C(=C(\c1ccc(O)cc1)c1ccc(N2CCC(CNC3CCN(c4ccc5c(c4)CN(C4CCC(=O)NC4=O)C5=O)CC3)CC2)cc1)c1ccccc1. The molecule has 3 amide bonds. The molecule has 1 unspecified atom stereocenters. The fourth-order valence-corrected chi connectivity index (χ4v) is 8.97. The number of benzene rings is 4. The van der Waals surface area contributed by atoms with Gasteiger partial charge in [-0.1, -0.05) is 61.5 Å². The summed E-state index contributed by atoms with van der Waals surface area (Å²) in [6.45, 7) is 7.70. The van der Waals surface area contributed by atoms with Gasteiger partial charge in [-0.15, -0.1) is 0 Å². The number of nitrogens with one attached hydrogen (secondary N) is 2. The first-order chi connectivity index (χ1) is 26.8. The van der Waals surface area contributed by atoms with Gasteiger partial charge in [0.05, 0.1) is 0 Å². The number of carbonyl (C=O) groups is 3. The van der Waals surface area contributed by atoms with Crippen LogP contribution in [0.4, 0.5) is 11.4 Å². The third-order valence-corrected chi connectivity index (χ3v) is 12.1. The summed E-state index contributed by atoms with van der Waals surface area (Å²) >= 11 is 0. The number of imide groups is 1. The zero-order valence-electron chi connectivity index (χ0n) is 31.7. The van der Waals surface area contributed by atoms with Gasteiger partial charge in [0.15, 0.2) is 0 Å². The third kappa shape index (κ3) is 7.89. The van der Waals surface area contributed by atoms with E-state index in [0.29, 0.717) is 30.5 Å². The Morgan fingerprint density at radius 2 is 1.38 bits per heavy atom. The Labute approximate surface area is 324 Å². The zero-order valence-corrected chi connectivity index (χ0v) is 31.7. The first kappa shape index (κ1) is 36.6. The zero-order chi connectivity index (χ0) is 37.9. The summed E-state index contributed by atoms with van der Waals surface area (Å²) in [7, 11) is 0. The van der Waals surface area contributed by atoms with Crippen molar-refractivity contribution in [3.05, 3.63) is 125 Å². The second-order valence-corrected chi connectivity index (χ2v) is 15.5. The number of carbonyl (C=O) groups excluding carboxylic acids is 3. The van der Waals surface area contributed by atoms with Crippen LogP contribution in [-0.2, 0) is 16.1 Å². The summed E-state index contributed by atoms with van der Waals surface area (Å²) in [5, 5.41) is 16.3. The van der Waals surface area contributed by atoms with E-state index in [1.54, 1.807) is 17.0 Å². The molecule has 0 saturated carbocycles. The van der Waals surface area contributed by atoms with Crippen molar-refractivity contribution >= 4 is 40.2 Å². The lowest BCUT2D eigenvalue weighted by molar-refractivity contribution is -0.136. The van der Waals surface area contributed by atoms with Crippen molar-refractivity contribution in [1.82, 2.24) is 15.5 Å². The number of phenolic OH excluding ortho intramolecular Hbond substituents is 1. The van der Waals surface area contributed by atoms with Crippen LogP contribution in [-0.4, -0.2) is 72.5 Å². The Hall–Kier alpha value is -5.41. The maximum atomic E-state index is 13.1. The third-order valence-electron chi connectivity index (χ3n) is 12.1. The van der Waals surface area contributed by atoms with E-state index in [2.05, 4.69) is 88.0 Å². The smallest absolute Gasteiger partial charge is 0.255 e. The van der Waals surface area contributed by atoms with Crippen LogP contribution < -0.4 is 20.4 Å². The summed E-state index contributed by atoms with van der Waals surface area (Å²) in [6.07, 6.45) is 6.03. The van der Waals surface area contributed by atoms with Gasteiger partial charge < -0.3 is 25.1 Å². The van der Waals surface area contributed by atoms with Crippen LogP contribution in [0.15, 0.2) is 97.1 Å². The first-order valence-corrected chi connectivity index (χ1v) is 20.0. The first-order valence-electron chi connectivity index (χ1n) is 20.0. The Morgan fingerprint density at radius 1 is 0.745 bits per heavy atom. The largest absolute Gasteiger partial charge is 0.508 e. The lowest BCUT2D eigenvalue weighted by atomic mass is 9.88. The average molecular weight is 738 g/mol. The number of amides is 3. The van der Waals surface area contributed by atoms with Crippen LogP contribution in [0.3, 0.4) is 0 Å². The van der Waals surface area contributed by atoms with Gasteiger partial charge in [-0.3, -0.25) is 19.7 Å². The molecule has 0 aromatic heterocycles. The van der Waals surface area contributed by atoms with Gasteiger partial charge in [0.25, 0.3) is 5.91 Å². The molecule has 3 N–H and O–H groups in total. The molecule has 0 radical (unpaired) electrons. The number of aromatic hydroxyl groups is 1. The Bertz CT molecular complexity index is 2050. The predicted octanol–water partition coefficient (Wildman–Crippen LogP) is 7.00. The summed E-state index contributed by atoms with van der Waals surface area (Å²) < 4.78 is 0. The molecule has 3 fully saturated rings. The summed E-state index contributed by atoms with van der Waals surface area (Å²) in [6, 6.07) is 33.2. The molecule has 8 rings (SSSR count). The quantitative estimate of drug-likeness (QED) is 0.119. The number of anilines is 2. The van der Waals surface area contributed by atoms with Gasteiger partial charge in [-0.2, -0.15) is 0 Å². The molecule has 1 atom stereocenters. The van der Waals surface area contributed by atoms with E-state index in [0.717, 1.165) is 68.8 Å². The number of rotatable bonds is 10. The monoisotopic (exact) mass is 737 g/mol. The van der Waals surface area contributed by atoms with Gasteiger partial charge in [-0.05, 0) is 127 Å². The van der Waals surface area contributed by atoms with Crippen LogP contribution in [0.5, 0.6) is 5.75 Å². The molecule has 0 aliphatic carbocycles. The van der Waals surface area contributed by atoms with E-state index >= 15 is 0 Å². The van der Waals surface area contributed by atoms with Crippen molar-refractivity contribution in [3.8, 4) is 5.75 Å².